The monoisotopic (exact) mass is 218 g/mol. The molecule has 0 radical (unpaired) electrons. The predicted octanol–water partition coefficient (Wildman–Crippen LogP) is 0.849. The fourth-order valence-electron chi connectivity index (χ4n) is 1.86. The van der Waals surface area contributed by atoms with Crippen molar-refractivity contribution in [1.82, 2.24) is 14.8 Å². The lowest BCUT2D eigenvalue weighted by Gasteiger charge is -2.34. The Bertz CT molecular complexity index is 341. The minimum atomic E-state index is 0.643. The fourth-order valence-corrected chi connectivity index (χ4v) is 1.86. The number of rotatable bonds is 2. The highest BCUT2D eigenvalue weighted by Crippen LogP contribution is 2.04. The molecule has 0 unspecified atom stereocenters. The van der Waals surface area contributed by atoms with Crippen LogP contribution in [0.25, 0.3) is 0 Å². The van der Waals surface area contributed by atoms with Gasteiger partial charge in [-0.2, -0.15) is 0 Å². The van der Waals surface area contributed by atoms with Crippen molar-refractivity contribution in [3.8, 4) is 0 Å². The van der Waals surface area contributed by atoms with Crippen LogP contribution in [0.5, 0.6) is 0 Å². The average Bonchev–Trinajstić information content (AvgIpc) is 2.31. The van der Waals surface area contributed by atoms with Crippen molar-refractivity contribution in [2.24, 2.45) is 0 Å². The Kier molecular flexibility index (Phi) is 3.51. The summed E-state index contributed by atoms with van der Waals surface area (Å²) >= 11 is 0. The zero-order chi connectivity index (χ0) is 11.4. The first kappa shape index (κ1) is 11.1. The van der Waals surface area contributed by atoms with Gasteiger partial charge in [-0.1, -0.05) is 6.07 Å². The molecule has 1 aliphatic heterocycles. The van der Waals surface area contributed by atoms with Gasteiger partial charge in [0.25, 0.3) is 0 Å². The molecule has 4 nitrogen and oxygen atoms in total. The van der Waals surface area contributed by atoms with Crippen LogP contribution < -0.4 is 0 Å². The molecule has 2 heterocycles. The number of piperazine rings is 1. The van der Waals surface area contributed by atoms with E-state index in [1.54, 1.807) is 6.20 Å². The second-order valence-electron chi connectivity index (χ2n) is 4.23. The summed E-state index contributed by atoms with van der Waals surface area (Å²) in [5, 5.41) is 8.05. The Morgan fingerprint density at radius 3 is 2.69 bits per heavy atom. The van der Waals surface area contributed by atoms with Crippen molar-refractivity contribution in [2.45, 2.75) is 6.42 Å². The number of aromatic nitrogens is 1. The molecule has 4 heteroatoms. The zero-order valence-corrected chi connectivity index (χ0v) is 9.69. The SMILES string of the molecule is CN1CCN(C(=N)Cc2ccccn2)CC1. The number of hydrogen-bond acceptors (Lipinski definition) is 3. The van der Waals surface area contributed by atoms with E-state index >= 15 is 0 Å². The molecule has 1 aromatic heterocycles. The minimum absolute atomic E-state index is 0.643. The van der Waals surface area contributed by atoms with Crippen molar-refractivity contribution in [1.29, 1.82) is 5.41 Å². The van der Waals surface area contributed by atoms with Crippen LogP contribution in [0.2, 0.25) is 0 Å². The minimum Gasteiger partial charge on any atom is -0.358 e. The molecular formula is C12H18N4. The molecule has 1 N–H and O–H groups in total. The van der Waals surface area contributed by atoms with Gasteiger partial charge in [-0.05, 0) is 19.2 Å². The normalized spacial score (nSPS) is 17.4. The number of nitrogens with one attached hydrogen (secondary N) is 1. The molecule has 0 aliphatic carbocycles. The zero-order valence-electron chi connectivity index (χ0n) is 9.69. The van der Waals surface area contributed by atoms with Gasteiger partial charge in [0.15, 0.2) is 0 Å². The summed E-state index contributed by atoms with van der Waals surface area (Å²) < 4.78 is 0. The lowest BCUT2D eigenvalue weighted by atomic mass is 10.2. The third kappa shape index (κ3) is 2.79. The van der Waals surface area contributed by atoms with Gasteiger partial charge in [-0.25, -0.2) is 0 Å². The lowest BCUT2D eigenvalue weighted by Crippen LogP contribution is -2.47. The first-order chi connectivity index (χ1) is 7.75. The van der Waals surface area contributed by atoms with Gasteiger partial charge >= 0.3 is 0 Å². The maximum absolute atomic E-state index is 8.05. The molecule has 0 atom stereocenters. The van der Waals surface area contributed by atoms with Crippen LogP contribution in [0.4, 0.5) is 0 Å². The van der Waals surface area contributed by atoms with E-state index in [0.29, 0.717) is 12.3 Å². The highest BCUT2D eigenvalue weighted by Gasteiger charge is 2.16. The Morgan fingerprint density at radius 1 is 1.31 bits per heavy atom. The molecule has 1 saturated heterocycles. The van der Waals surface area contributed by atoms with Crippen LogP contribution in [-0.4, -0.2) is 53.8 Å². The van der Waals surface area contributed by atoms with Gasteiger partial charge in [0, 0.05) is 44.5 Å². The number of hydrogen-bond donors (Lipinski definition) is 1. The van der Waals surface area contributed by atoms with Crippen LogP contribution >= 0.6 is 0 Å². The second kappa shape index (κ2) is 5.07. The quantitative estimate of drug-likeness (QED) is 0.591. The molecule has 0 amide bonds. The largest absolute Gasteiger partial charge is 0.358 e. The van der Waals surface area contributed by atoms with E-state index in [9.17, 15) is 0 Å². The van der Waals surface area contributed by atoms with Crippen LogP contribution in [0.1, 0.15) is 5.69 Å². The smallest absolute Gasteiger partial charge is 0.102 e. The Labute approximate surface area is 96.4 Å². The van der Waals surface area contributed by atoms with E-state index in [0.717, 1.165) is 31.9 Å². The third-order valence-corrected chi connectivity index (χ3v) is 2.96. The van der Waals surface area contributed by atoms with Gasteiger partial charge < -0.3 is 9.80 Å². The number of amidine groups is 1. The summed E-state index contributed by atoms with van der Waals surface area (Å²) in [5.74, 6) is 0.687. The highest BCUT2D eigenvalue weighted by atomic mass is 15.3. The summed E-state index contributed by atoms with van der Waals surface area (Å²) in [6, 6.07) is 5.85. The van der Waals surface area contributed by atoms with Crippen molar-refractivity contribution in [3.05, 3.63) is 30.1 Å². The Balaban J connectivity index is 1.89. The molecule has 2 rings (SSSR count). The van der Waals surface area contributed by atoms with E-state index in [2.05, 4.69) is 21.8 Å². The van der Waals surface area contributed by atoms with Crippen molar-refractivity contribution >= 4 is 5.84 Å². The second-order valence-corrected chi connectivity index (χ2v) is 4.23. The Morgan fingerprint density at radius 2 is 2.06 bits per heavy atom. The summed E-state index contributed by atoms with van der Waals surface area (Å²) in [6.45, 7) is 4.01. The molecule has 0 spiro atoms. The lowest BCUT2D eigenvalue weighted by molar-refractivity contribution is 0.213. The topological polar surface area (TPSA) is 43.2 Å². The third-order valence-electron chi connectivity index (χ3n) is 2.96. The first-order valence-corrected chi connectivity index (χ1v) is 5.66. The summed E-state index contributed by atoms with van der Waals surface area (Å²) in [7, 11) is 2.12. The van der Waals surface area contributed by atoms with Crippen LogP contribution in [-0.2, 0) is 6.42 Å². The molecule has 1 aromatic rings. The molecular weight excluding hydrogens is 200 g/mol. The maximum atomic E-state index is 8.05. The highest BCUT2D eigenvalue weighted by molar-refractivity contribution is 5.81. The molecule has 86 valence electrons. The maximum Gasteiger partial charge on any atom is 0.102 e. The van der Waals surface area contributed by atoms with Crippen molar-refractivity contribution in [2.75, 3.05) is 33.2 Å². The van der Waals surface area contributed by atoms with Gasteiger partial charge in [-0.15, -0.1) is 0 Å². The molecule has 0 saturated carbocycles. The van der Waals surface area contributed by atoms with E-state index in [1.807, 2.05) is 18.2 Å². The molecule has 0 aromatic carbocycles. The summed E-state index contributed by atoms with van der Waals surface area (Å²) in [5.41, 5.74) is 0.978. The fraction of sp³-hybridized carbons (Fsp3) is 0.500. The van der Waals surface area contributed by atoms with E-state index in [1.165, 1.54) is 0 Å². The van der Waals surface area contributed by atoms with Crippen molar-refractivity contribution < 1.29 is 0 Å². The number of pyridine rings is 1. The van der Waals surface area contributed by atoms with E-state index in [4.69, 9.17) is 5.41 Å². The molecule has 1 fully saturated rings. The van der Waals surface area contributed by atoms with Gasteiger partial charge in [0.2, 0.25) is 0 Å². The van der Waals surface area contributed by atoms with Crippen LogP contribution in [0.15, 0.2) is 24.4 Å². The van der Waals surface area contributed by atoms with Crippen molar-refractivity contribution in [3.63, 3.8) is 0 Å². The van der Waals surface area contributed by atoms with Gasteiger partial charge in [0.05, 0.1) is 0 Å². The average molecular weight is 218 g/mol. The van der Waals surface area contributed by atoms with Crippen LogP contribution in [0.3, 0.4) is 0 Å². The molecule has 0 bridgehead atoms. The van der Waals surface area contributed by atoms with E-state index in [-0.39, 0.29) is 0 Å². The number of nitrogens with zero attached hydrogens (tertiary/aromatic N) is 3. The Hall–Kier alpha value is -1.42. The van der Waals surface area contributed by atoms with Gasteiger partial charge in [-0.3, -0.25) is 10.4 Å². The standard InChI is InChI=1S/C12H18N4/c1-15-6-8-16(9-7-15)12(13)10-11-4-2-3-5-14-11/h2-5,13H,6-10H2,1H3. The van der Waals surface area contributed by atoms with Crippen LogP contribution in [0, 0.1) is 5.41 Å². The number of likely N-dealkylation sites (N-methyl/N-ethyl adjacent to an activating group) is 1. The summed E-state index contributed by atoms with van der Waals surface area (Å²) in [6.07, 6.45) is 2.43. The molecule has 16 heavy (non-hydrogen) atoms. The predicted molar refractivity (Wildman–Crippen MR) is 64.7 cm³/mol. The summed E-state index contributed by atoms with van der Waals surface area (Å²) in [4.78, 5) is 8.69. The molecule has 1 aliphatic rings. The van der Waals surface area contributed by atoms with E-state index < -0.39 is 0 Å². The van der Waals surface area contributed by atoms with Gasteiger partial charge in [0.1, 0.15) is 5.84 Å². The first-order valence-electron chi connectivity index (χ1n) is 5.66.